The summed E-state index contributed by atoms with van der Waals surface area (Å²) in [6, 6.07) is 4.70. The zero-order valence-electron chi connectivity index (χ0n) is 18.4. The number of hydrogen-bond donors (Lipinski definition) is 0. The molecule has 0 aliphatic heterocycles. The summed E-state index contributed by atoms with van der Waals surface area (Å²) >= 11 is 0. The van der Waals surface area contributed by atoms with Crippen molar-refractivity contribution in [3.05, 3.63) is 40.8 Å². The van der Waals surface area contributed by atoms with Crippen LogP contribution >= 0.6 is 0 Å². The first kappa shape index (κ1) is 19.3. The molecule has 0 heterocycles. The summed E-state index contributed by atoms with van der Waals surface area (Å²) in [5, 5.41) is 0. The lowest BCUT2D eigenvalue weighted by Crippen LogP contribution is -2.42. The fraction of sp³-hybridized carbons (Fsp3) is 0.680. The second-order valence-corrected chi connectivity index (χ2v) is 16.3. The molecule has 3 aliphatic carbocycles. The highest BCUT2D eigenvalue weighted by atomic mass is 28.3. The van der Waals surface area contributed by atoms with Crippen LogP contribution in [0.15, 0.2) is 24.1 Å². The molecule has 27 heavy (non-hydrogen) atoms. The first-order valence-corrected chi connectivity index (χ1v) is 13.6. The number of fused-ring (bicyclic) bond motifs is 8. The zero-order valence-corrected chi connectivity index (χ0v) is 19.4. The molecule has 1 aromatic carbocycles. The third-order valence-corrected chi connectivity index (χ3v) is 15.3. The van der Waals surface area contributed by atoms with Crippen LogP contribution < -0.4 is 4.74 Å². The van der Waals surface area contributed by atoms with Crippen molar-refractivity contribution in [3.8, 4) is 5.75 Å². The van der Waals surface area contributed by atoms with E-state index in [1.165, 1.54) is 30.6 Å². The van der Waals surface area contributed by atoms with Crippen LogP contribution in [0.4, 0.5) is 0 Å². The van der Waals surface area contributed by atoms with Crippen LogP contribution in [0.25, 0.3) is 0 Å². The standard InChI is InChI=1S/C25H38OSi/c1-15(2)27(16(3)4,17(5)6)13-12-26-25-18(7)8-11-21-22-19-9-10-20(14-19)23(22)24(21)25/h8,11-13,15-17,19-20,22-23H,9-10,14H2,1-7H3/b13-12-. The van der Waals surface area contributed by atoms with Gasteiger partial charge in [0, 0.05) is 5.56 Å². The highest BCUT2D eigenvalue weighted by molar-refractivity contribution is 6.87. The predicted molar refractivity (Wildman–Crippen MR) is 118 cm³/mol. The molecule has 2 heteroatoms. The van der Waals surface area contributed by atoms with E-state index in [0.29, 0.717) is 0 Å². The molecule has 0 aromatic heterocycles. The lowest BCUT2D eigenvalue weighted by Gasteiger charge is -2.44. The minimum absolute atomic E-state index is 0.729. The Balaban J connectivity index is 1.63. The van der Waals surface area contributed by atoms with E-state index in [4.69, 9.17) is 4.74 Å². The molecule has 0 amide bonds. The van der Waals surface area contributed by atoms with Crippen molar-refractivity contribution in [2.75, 3.05) is 0 Å². The van der Waals surface area contributed by atoms with Gasteiger partial charge in [0.2, 0.25) is 0 Å². The van der Waals surface area contributed by atoms with Gasteiger partial charge in [-0.1, -0.05) is 59.4 Å². The van der Waals surface area contributed by atoms with Crippen LogP contribution in [0, 0.1) is 18.8 Å². The molecule has 1 aromatic rings. The van der Waals surface area contributed by atoms with Gasteiger partial charge in [0.15, 0.2) is 0 Å². The molecular weight excluding hydrogens is 344 g/mol. The quantitative estimate of drug-likeness (QED) is 0.361. The highest BCUT2D eigenvalue weighted by Crippen LogP contribution is 2.69. The van der Waals surface area contributed by atoms with Crippen LogP contribution in [-0.2, 0) is 0 Å². The molecule has 4 rings (SSSR count). The molecule has 0 radical (unpaired) electrons. The molecule has 4 unspecified atom stereocenters. The van der Waals surface area contributed by atoms with Crippen LogP contribution in [0.5, 0.6) is 5.75 Å². The molecule has 148 valence electrons. The Labute approximate surface area is 167 Å². The van der Waals surface area contributed by atoms with E-state index in [2.05, 4.69) is 72.6 Å². The number of benzene rings is 1. The van der Waals surface area contributed by atoms with E-state index in [0.717, 1.165) is 40.3 Å². The Morgan fingerprint density at radius 1 is 0.926 bits per heavy atom. The molecule has 3 aliphatic rings. The Morgan fingerprint density at radius 3 is 2.11 bits per heavy atom. The van der Waals surface area contributed by atoms with E-state index in [1.807, 2.05) is 0 Å². The Hall–Kier alpha value is -1.02. The molecular formula is C25H38OSi. The van der Waals surface area contributed by atoms with E-state index < -0.39 is 8.07 Å². The van der Waals surface area contributed by atoms with Crippen molar-refractivity contribution in [2.24, 2.45) is 11.8 Å². The second-order valence-electron chi connectivity index (χ2n) is 10.5. The normalized spacial score (nSPS) is 29.0. The smallest absolute Gasteiger partial charge is 0.133 e. The van der Waals surface area contributed by atoms with Crippen molar-refractivity contribution in [1.82, 2.24) is 0 Å². The van der Waals surface area contributed by atoms with Crippen molar-refractivity contribution in [3.63, 3.8) is 0 Å². The maximum absolute atomic E-state index is 6.48. The minimum Gasteiger partial charge on any atom is -0.465 e. The number of aryl methyl sites for hydroxylation is 1. The van der Waals surface area contributed by atoms with Gasteiger partial charge in [-0.15, -0.1) is 0 Å². The largest absolute Gasteiger partial charge is 0.465 e. The van der Waals surface area contributed by atoms with Gasteiger partial charge in [0.25, 0.3) is 0 Å². The number of hydrogen-bond acceptors (Lipinski definition) is 1. The van der Waals surface area contributed by atoms with Crippen LogP contribution in [0.1, 0.15) is 89.3 Å². The molecule has 2 fully saturated rings. The van der Waals surface area contributed by atoms with E-state index >= 15 is 0 Å². The van der Waals surface area contributed by atoms with Crippen molar-refractivity contribution < 1.29 is 4.74 Å². The van der Waals surface area contributed by atoms with Gasteiger partial charge in [-0.3, -0.25) is 0 Å². The summed E-state index contributed by atoms with van der Waals surface area (Å²) in [5.41, 5.74) is 9.20. The fourth-order valence-corrected chi connectivity index (χ4v) is 12.8. The van der Waals surface area contributed by atoms with Crippen molar-refractivity contribution >= 4 is 8.07 Å². The molecule has 0 spiro atoms. The highest BCUT2D eigenvalue weighted by Gasteiger charge is 2.56. The first-order chi connectivity index (χ1) is 12.8. The van der Waals surface area contributed by atoms with Crippen LogP contribution in [0.2, 0.25) is 16.6 Å². The molecule has 4 atom stereocenters. The summed E-state index contributed by atoms with van der Waals surface area (Å²) in [6.45, 7) is 16.7. The van der Waals surface area contributed by atoms with E-state index in [9.17, 15) is 0 Å². The van der Waals surface area contributed by atoms with Gasteiger partial charge < -0.3 is 4.74 Å². The lowest BCUT2D eigenvalue weighted by atomic mass is 9.61. The van der Waals surface area contributed by atoms with Gasteiger partial charge in [0.1, 0.15) is 5.75 Å². The average molecular weight is 383 g/mol. The topological polar surface area (TPSA) is 9.23 Å². The third kappa shape index (κ3) is 2.69. The summed E-state index contributed by atoms with van der Waals surface area (Å²) in [5.74, 6) is 4.72. The fourth-order valence-electron chi connectivity index (χ4n) is 7.37. The number of ether oxygens (including phenoxy) is 1. The van der Waals surface area contributed by atoms with E-state index in [1.54, 1.807) is 11.1 Å². The molecule has 2 bridgehead atoms. The van der Waals surface area contributed by atoms with Crippen LogP contribution in [0.3, 0.4) is 0 Å². The summed E-state index contributed by atoms with van der Waals surface area (Å²) in [7, 11) is -1.56. The second kappa shape index (κ2) is 6.79. The van der Waals surface area contributed by atoms with E-state index in [-0.39, 0.29) is 0 Å². The SMILES string of the molecule is Cc1ccc2c(c1O/C=C\[Si](C(C)C)(C(C)C)C(C)C)C1C3CCC(C3)C21. The molecule has 0 N–H and O–H groups in total. The first-order valence-electron chi connectivity index (χ1n) is 11.3. The summed E-state index contributed by atoms with van der Waals surface area (Å²) in [4.78, 5) is 0. The molecule has 1 nitrogen and oxygen atoms in total. The maximum atomic E-state index is 6.48. The zero-order chi connectivity index (χ0) is 19.5. The third-order valence-electron chi connectivity index (χ3n) is 8.58. The van der Waals surface area contributed by atoms with Gasteiger partial charge in [-0.05, 0) is 77.6 Å². The summed E-state index contributed by atoms with van der Waals surface area (Å²) < 4.78 is 6.48. The number of rotatable bonds is 6. The van der Waals surface area contributed by atoms with Gasteiger partial charge in [-0.25, -0.2) is 0 Å². The minimum atomic E-state index is -1.56. The molecule has 2 saturated carbocycles. The Morgan fingerprint density at radius 2 is 1.52 bits per heavy atom. The predicted octanol–water partition coefficient (Wildman–Crippen LogP) is 7.72. The van der Waals surface area contributed by atoms with Gasteiger partial charge in [-0.2, -0.15) is 0 Å². The van der Waals surface area contributed by atoms with Gasteiger partial charge >= 0.3 is 0 Å². The van der Waals surface area contributed by atoms with Crippen molar-refractivity contribution in [2.45, 2.75) is 96.2 Å². The summed E-state index contributed by atoms with van der Waals surface area (Å²) in [6.07, 6.45) is 6.46. The monoisotopic (exact) mass is 382 g/mol. The maximum Gasteiger partial charge on any atom is 0.133 e. The molecule has 0 saturated heterocycles. The lowest BCUT2D eigenvalue weighted by molar-refractivity contribution is 0.310. The van der Waals surface area contributed by atoms with Crippen molar-refractivity contribution in [1.29, 1.82) is 0 Å². The Kier molecular flexibility index (Phi) is 4.86. The Bertz CT molecular complexity index is 723. The van der Waals surface area contributed by atoms with Crippen LogP contribution in [-0.4, -0.2) is 8.07 Å². The average Bonchev–Trinajstić information content (AvgIpc) is 3.14. The van der Waals surface area contributed by atoms with Gasteiger partial charge in [0.05, 0.1) is 14.3 Å².